The summed E-state index contributed by atoms with van der Waals surface area (Å²) in [6.45, 7) is 6.33. The Kier molecular flexibility index (Phi) is 3.16. The molecule has 1 N–H and O–H groups in total. The van der Waals surface area contributed by atoms with Crippen LogP contribution in [0.25, 0.3) is 0 Å². The van der Waals surface area contributed by atoms with Crippen LogP contribution in [0.3, 0.4) is 0 Å². The third kappa shape index (κ3) is 2.27. The maximum Gasteiger partial charge on any atom is 0.0696 e. The Morgan fingerprint density at radius 2 is 2.50 bits per heavy atom. The Morgan fingerprint density at radius 3 is 3.20 bits per heavy atom. The molecule has 0 saturated carbocycles. The van der Waals surface area contributed by atoms with E-state index in [1.807, 2.05) is 0 Å². The van der Waals surface area contributed by atoms with Gasteiger partial charge >= 0.3 is 0 Å². The zero-order valence-electron chi connectivity index (χ0n) is 6.89. The van der Waals surface area contributed by atoms with Crippen molar-refractivity contribution in [3.63, 3.8) is 0 Å². The van der Waals surface area contributed by atoms with E-state index in [1.54, 1.807) is 0 Å². The lowest BCUT2D eigenvalue weighted by Crippen LogP contribution is -2.30. The Hall–Kier alpha value is -0.0800. The van der Waals surface area contributed by atoms with E-state index in [9.17, 15) is 0 Å². The van der Waals surface area contributed by atoms with E-state index >= 15 is 0 Å². The summed E-state index contributed by atoms with van der Waals surface area (Å²) in [5.74, 6) is 0. The van der Waals surface area contributed by atoms with E-state index in [0.29, 0.717) is 12.1 Å². The molecule has 1 aliphatic rings. The Labute approximate surface area is 64.4 Å². The topological polar surface area (TPSA) is 21.3 Å². The van der Waals surface area contributed by atoms with E-state index in [1.165, 1.54) is 0 Å². The van der Waals surface area contributed by atoms with Gasteiger partial charge in [-0.2, -0.15) is 0 Å². The average molecular weight is 145 g/mol. The molecule has 0 amide bonds. The van der Waals surface area contributed by atoms with Crippen molar-refractivity contribution in [1.82, 2.24) is 5.32 Å². The van der Waals surface area contributed by atoms with Crippen LogP contribution in [0.15, 0.2) is 0 Å². The van der Waals surface area contributed by atoms with Gasteiger partial charge in [0.1, 0.15) is 0 Å². The lowest BCUT2D eigenvalue weighted by molar-refractivity contribution is 0.0643. The molecule has 1 heterocycles. The summed E-state index contributed by atoms with van der Waals surface area (Å²) in [5, 5.41) is 3.42. The number of ether oxygens (including phenoxy) is 1. The molecular weight excluding hydrogens is 126 g/mol. The summed E-state index contributed by atoms with van der Waals surface area (Å²) in [7, 11) is 0. The van der Waals surface area contributed by atoms with E-state index in [4.69, 9.17) is 4.74 Å². The van der Waals surface area contributed by atoms with Crippen LogP contribution in [-0.4, -0.2) is 25.3 Å². The molecule has 0 aromatic heterocycles. The molecule has 0 aromatic carbocycles. The fourth-order valence-corrected chi connectivity index (χ4v) is 1.17. The molecule has 62 valence electrons. The molecule has 10 heavy (non-hydrogen) atoms. The molecule has 1 aliphatic heterocycles. The van der Waals surface area contributed by atoms with Crippen LogP contribution in [0.2, 0.25) is 0 Å². The largest absolute Gasteiger partial charge is 0.377 e. The molecule has 0 aliphatic carbocycles. The van der Waals surface area contributed by atoms with Crippen molar-refractivity contribution < 1.29 is 6.16 Å². The van der Waals surface area contributed by atoms with Gasteiger partial charge < -0.3 is 10.1 Å². The summed E-state index contributed by atoms with van der Waals surface area (Å²) in [5.41, 5.74) is 0. The SMILES string of the molecule is CC[C@@H]1CN[C@@H](C)CCO1.[HH]. The lowest BCUT2D eigenvalue weighted by atomic mass is 10.2. The van der Waals surface area contributed by atoms with Gasteiger partial charge in [-0.3, -0.25) is 0 Å². The fraction of sp³-hybridized carbons (Fsp3) is 1.00. The summed E-state index contributed by atoms with van der Waals surface area (Å²) >= 11 is 0. The number of nitrogens with one attached hydrogen (secondary N) is 1. The van der Waals surface area contributed by atoms with Gasteiger partial charge in [0.2, 0.25) is 0 Å². The van der Waals surface area contributed by atoms with E-state index in [0.717, 1.165) is 26.0 Å². The predicted octanol–water partition coefficient (Wildman–Crippen LogP) is 1.41. The first-order valence-corrected chi connectivity index (χ1v) is 4.18. The maximum atomic E-state index is 5.56. The molecule has 0 bridgehead atoms. The highest BCUT2D eigenvalue weighted by molar-refractivity contribution is 4.69. The predicted molar refractivity (Wildman–Crippen MR) is 44.2 cm³/mol. The highest BCUT2D eigenvalue weighted by atomic mass is 16.5. The van der Waals surface area contributed by atoms with Gasteiger partial charge in [-0.15, -0.1) is 0 Å². The summed E-state index contributed by atoms with van der Waals surface area (Å²) in [6, 6.07) is 0.636. The zero-order valence-corrected chi connectivity index (χ0v) is 6.89. The van der Waals surface area contributed by atoms with Crippen LogP contribution >= 0.6 is 0 Å². The standard InChI is InChI=1S/C8H17NO.H2/c1-3-8-6-9-7(2)4-5-10-8;/h7-9H,3-6H2,1-2H3;1H/t7-,8+;/m0./s1. The van der Waals surface area contributed by atoms with Crippen LogP contribution in [-0.2, 0) is 4.74 Å². The molecule has 0 radical (unpaired) electrons. The highest BCUT2D eigenvalue weighted by Crippen LogP contribution is 2.04. The summed E-state index contributed by atoms with van der Waals surface area (Å²) < 4.78 is 5.56. The first kappa shape index (κ1) is 8.02. The molecule has 2 nitrogen and oxygen atoms in total. The quantitative estimate of drug-likeness (QED) is 0.602. The third-order valence-corrected chi connectivity index (χ3v) is 2.05. The molecule has 1 saturated heterocycles. The molecular formula is C8H19NO. The third-order valence-electron chi connectivity index (χ3n) is 2.05. The molecule has 0 unspecified atom stereocenters. The average Bonchev–Trinajstić information content (AvgIpc) is 2.14. The summed E-state index contributed by atoms with van der Waals surface area (Å²) in [6.07, 6.45) is 2.72. The van der Waals surface area contributed by atoms with Gasteiger partial charge in [0, 0.05) is 20.6 Å². The highest BCUT2D eigenvalue weighted by Gasteiger charge is 2.12. The minimum Gasteiger partial charge on any atom is -0.377 e. The zero-order chi connectivity index (χ0) is 7.40. The minimum absolute atomic E-state index is 0. The van der Waals surface area contributed by atoms with Crippen LogP contribution in [0.1, 0.15) is 28.1 Å². The van der Waals surface area contributed by atoms with Crippen LogP contribution < -0.4 is 5.32 Å². The smallest absolute Gasteiger partial charge is 0.0696 e. The molecule has 2 atom stereocenters. The number of hydrogen-bond acceptors (Lipinski definition) is 2. The second-order valence-corrected chi connectivity index (χ2v) is 3.00. The van der Waals surface area contributed by atoms with Crippen LogP contribution in [0.5, 0.6) is 0 Å². The first-order valence-electron chi connectivity index (χ1n) is 4.18. The van der Waals surface area contributed by atoms with E-state index < -0.39 is 0 Å². The second-order valence-electron chi connectivity index (χ2n) is 3.00. The molecule has 0 spiro atoms. The van der Waals surface area contributed by atoms with Crippen molar-refractivity contribution in [3.8, 4) is 0 Å². The van der Waals surface area contributed by atoms with Gasteiger partial charge in [0.25, 0.3) is 0 Å². The van der Waals surface area contributed by atoms with Crippen molar-refractivity contribution in [1.29, 1.82) is 0 Å². The normalized spacial score (nSPS) is 35.4. The van der Waals surface area contributed by atoms with E-state index in [-0.39, 0.29) is 1.43 Å². The monoisotopic (exact) mass is 145 g/mol. The fourth-order valence-electron chi connectivity index (χ4n) is 1.17. The molecule has 1 fully saturated rings. The lowest BCUT2D eigenvalue weighted by Gasteiger charge is -2.11. The van der Waals surface area contributed by atoms with Gasteiger partial charge in [0.05, 0.1) is 6.10 Å². The Morgan fingerprint density at radius 1 is 1.70 bits per heavy atom. The number of rotatable bonds is 1. The van der Waals surface area contributed by atoms with Crippen LogP contribution in [0.4, 0.5) is 0 Å². The van der Waals surface area contributed by atoms with Gasteiger partial charge in [-0.1, -0.05) is 6.92 Å². The molecule has 2 heteroatoms. The van der Waals surface area contributed by atoms with E-state index in [2.05, 4.69) is 19.2 Å². The van der Waals surface area contributed by atoms with Crippen molar-refractivity contribution in [2.24, 2.45) is 0 Å². The second kappa shape index (κ2) is 3.94. The Bertz CT molecular complexity index is 100. The van der Waals surface area contributed by atoms with Gasteiger partial charge in [-0.25, -0.2) is 0 Å². The Balaban J connectivity index is 0.000001000. The van der Waals surface area contributed by atoms with Crippen LogP contribution in [0, 0.1) is 0 Å². The maximum absolute atomic E-state index is 5.56. The van der Waals surface area contributed by atoms with Gasteiger partial charge in [-0.05, 0) is 19.8 Å². The van der Waals surface area contributed by atoms with Crippen molar-refractivity contribution in [2.45, 2.75) is 38.8 Å². The molecule has 0 aromatic rings. The van der Waals surface area contributed by atoms with Gasteiger partial charge in [0.15, 0.2) is 0 Å². The molecule has 1 rings (SSSR count). The van der Waals surface area contributed by atoms with Crippen molar-refractivity contribution in [3.05, 3.63) is 0 Å². The number of hydrogen-bond donors (Lipinski definition) is 1. The van der Waals surface area contributed by atoms with Crippen molar-refractivity contribution in [2.75, 3.05) is 13.2 Å². The first-order chi connectivity index (χ1) is 4.83. The minimum atomic E-state index is 0. The summed E-state index contributed by atoms with van der Waals surface area (Å²) in [4.78, 5) is 0. The van der Waals surface area contributed by atoms with Crippen molar-refractivity contribution >= 4 is 0 Å².